The molecule has 1 aromatic heterocycles. The van der Waals surface area contributed by atoms with Crippen molar-refractivity contribution in [1.82, 2.24) is 0 Å². The van der Waals surface area contributed by atoms with Gasteiger partial charge < -0.3 is 13.9 Å². The van der Waals surface area contributed by atoms with Gasteiger partial charge in [0.1, 0.15) is 17.1 Å². The standard InChI is InChI=1S/C28H24BrNO5/c1-3-4-14-34-21-7-5-6-17(15-21)25-24-26(31)22-16-18(29)8-13-23(22)35-27(24)28(32)30(25)19-9-11-20(33-2)12-10-19/h5-13,15-16,25H,3-4,14H2,1-2H3. The highest BCUT2D eigenvalue weighted by molar-refractivity contribution is 9.10. The fourth-order valence-corrected chi connectivity index (χ4v) is 4.74. The van der Waals surface area contributed by atoms with Gasteiger partial charge >= 0.3 is 0 Å². The SMILES string of the molecule is CCCCOc1cccc(C2c3c(oc4ccc(Br)cc4c3=O)C(=O)N2c2ccc(OC)cc2)c1. The molecule has 4 aromatic rings. The smallest absolute Gasteiger partial charge is 0.295 e. The molecule has 0 fully saturated rings. The van der Waals surface area contributed by atoms with Gasteiger partial charge in [-0.05, 0) is 66.6 Å². The molecule has 0 saturated heterocycles. The molecule has 178 valence electrons. The Hall–Kier alpha value is -3.58. The van der Waals surface area contributed by atoms with Crippen molar-refractivity contribution in [1.29, 1.82) is 0 Å². The average molecular weight is 534 g/mol. The topological polar surface area (TPSA) is 69.0 Å². The summed E-state index contributed by atoms with van der Waals surface area (Å²) in [5, 5.41) is 0.419. The lowest BCUT2D eigenvalue weighted by Gasteiger charge is -2.25. The van der Waals surface area contributed by atoms with Crippen molar-refractivity contribution in [2.24, 2.45) is 0 Å². The number of methoxy groups -OCH3 is 1. The first kappa shape index (κ1) is 23.2. The maximum atomic E-state index is 13.8. The molecule has 7 heteroatoms. The van der Waals surface area contributed by atoms with Gasteiger partial charge in [0, 0.05) is 10.2 Å². The van der Waals surface area contributed by atoms with E-state index in [9.17, 15) is 9.59 Å². The molecule has 35 heavy (non-hydrogen) atoms. The zero-order valence-electron chi connectivity index (χ0n) is 19.4. The van der Waals surface area contributed by atoms with Crippen LogP contribution in [0.4, 0.5) is 5.69 Å². The van der Waals surface area contributed by atoms with E-state index in [1.54, 1.807) is 54.5 Å². The lowest BCUT2D eigenvalue weighted by molar-refractivity contribution is 0.0971. The van der Waals surface area contributed by atoms with Gasteiger partial charge in [0.05, 0.1) is 30.7 Å². The van der Waals surface area contributed by atoms with Crippen LogP contribution in [0.25, 0.3) is 11.0 Å². The number of hydrogen-bond acceptors (Lipinski definition) is 5. The van der Waals surface area contributed by atoms with E-state index in [2.05, 4.69) is 22.9 Å². The first-order chi connectivity index (χ1) is 17.0. The predicted molar refractivity (Wildman–Crippen MR) is 139 cm³/mol. The molecule has 0 radical (unpaired) electrons. The summed E-state index contributed by atoms with van der Waals surface area (Å²) in [5.41, 5.74) is 1.87. The number of fused-ring (bicyclic) bond motifs is 2. The van der Waals surface area contributed by atoms with Crippen molar-refractivity contribution in [3.8, 4) is 11.5 Å². The summed E-state index contributed by atoms with van der Waals surface area (Å²) in [6.45, 7) is 2.71. The second-order valence-corrected chi connectivity index (χ2v) is 9.28. The predicted octanol–water partition coefficient (Wildman–Crippen LogP) is 6.49. The van der Waals surface area contributed by atoms with Crippen molar-refractivity contribution in [2.75, 3.05) is 18.6 Å². The summed E-state index contributed by atoms with van der Waals surface area (Å²) < 4.78 is 18.0. The van der Waals surface area contributed by atoms with Gasteiger partial charge in [0.2, 0.25) is 5.76 Å². The van der Waals surface area contributed by atoms with Crippen LogP contribution in [0.2, 0.25) is 0 Å². The fourth-order valence-electron chi connectivity index (χ4n) is 4.38. The number of anilines is 1. The Morgan fingerprint density at radius 3 is 2.54 bits per heavy atom. The number of rotatable bonds is 7. The molecular weight excluding hydrogens is 510 g/mol. The Kier molecular flexibility index (Phi) is 6.34. The Morgan fingerprint density at radius 2 is 1.80 bits per heavy atom. The van der Waals surface area contributed by atoms with Crippen LogP contribution in [-0.4, -0.2) is 19.6 Å². The van der Waals surface area contributed by atoms with Crippen LogP contribution >= 0.6 is 15.9 Å². The number of ether oxygens (including phenoxy) is 2. The van der Waals surface area contributed by atoms with E-state index >= 15 is 0 Å². The third kappa shape index (κ3) is 4.21. The van der Waals surface area contributed by atoms with Crippen LogP contribution in [0, 0.1) is 0 Å². The number of unbranched alkanes of at least 4 members (excludes halogenated alkanes) is 1. The van der Waals surface area contributed by atoms with E-state index in [-0.39, 0.29) is 17.1 Å². The Bertz CT molecular complexity index is 1460. The number of benzene rings is 3. The minimum atomic E-state index is -0.666. The molecule has 0 aliphatic carbocycles. The number of carbonyl (C=O) groups excluding carboxylic acids is 1. The lowest BCUT2D eigenvalue weighted by atomic mass is 9.98. The summed E-state index contributed by atoms with van der Waals surface area (Å²) in [7, 11) is 1.59. The van der Waals surface area contributed by atoms with Crippen LogP contribution < -0.4 is 19.8 Å². The van der Waals surface area contributed by atoms with E-state index in [0.717, 1.165) is 22.9 Å². The van der Waals surface area contributed by atoms with Gasteiger partial charge in [-0.15, -0.1) is 0 Å². The highest BCUT2D eigenvalue weighted by atomic mass is 79.9. The van der Waals surface area contributed by atoms with Gasteiger partial charge in [0.15, 0.2) is 5.43 Å². The molecule has 1 aliphatic heterocycles. The van der Waals surface area contributed by atoms with Crippen molar-refractivity contribution < 1.29 is 18.7 Å². The summed E-state index contributed by atoms with van der Waals surface area (Å²) in [6.07, 6.45) is 1.97. The van der Waals surface area contributed by atoms with E-state index in [4.69, 9.17) is 13.9 Å². The zero-order chi connectivity index (χ0) is 24.5. The summed E-state index contributed by atoms with van der Waals surface area (Å²) in [5.74, 6) is 1.06. The first-order valence-corrected chi connectivity index (χ1v) is 12.3. The van der Waals surface area contributed by atoms with E-state index in [1.165, 1.54) is 0 Å². The van der Waals surface area contributed by atoms with Crippen molar-refractivity contribution in [3.05, 3.63) is 98.3 Å². The van der Waals surface area contributed by atoms with Crippen molar-refractivity contribution in [2.45, 2.75) is 25.8 Å². The Balaban J connectivity index is 1.70. The number of hydrogen-bond donors (Lipinski definition) is 0. The van der Waals surface area contributed by atoms with Gasteiger partial charge in [-0.3, -0.25) is 14.5 Å². The van der Waals surface area contributed by atoms with E-state index in [1.807, 2.05) is 24.3 Å². The Morgan fingerprint density at radius 1 is 1.00 bits per heavy atom. The molecule has 1 unspecified atom stereocenters. The number of halogens is 1. The Labute approximate surface area is 211 Å². The van der Waals surface area contributed by atoms with Crippen LogP contribution in [0.5, 0.6) is 11.5 Å². The molecule has 3 aromatic carbocycles. The van der Waals surface area contributed by atoms with Crippen LogP contribution in [0.1, 0.15) is 47.5 Å². The molecule has 0 N–H and O–H groups in total. The van der Waals surface area contributed by atoms with Crippen LogP contribution in [0.15, 0.2) is 80.4 Å². The molecule has 0 bridgehead atoms. The second kappa shape index (κ2) is 9.58. The maximum Gasteiger partial charge on any atom is 0.295 e. The van der Waals surface area contributed by atoms with Crippen LogP contribution in [-0.2, 0) is 0 Å². The van der Waals surface area contributed by atoms with E-state index in [0.29, 0.717) is 40.3 Å². The van der Waals surface area contributed by atoms with E-state index < -0.39 is 6.04 Å². The highest BCUT2D eigenvalue weighted by Gasteiger charge is 2.43. The molecule has 2 heterocycles. The van der Waals surface area contributed by atoms with Gasteiger partial charge in [0.25, 0.3) is 5.91 Å². The highest BCUT2D eigenvalue weighted by Crippen LogP contribution is 2.42. The summed E-state index contributed by atoms with van der Waals surface area (Å²) in [4.78, 5) is 29.1. The number of amides is 1. The van der Waals surface area contributed by atoms with Gasteiger partial charge in [-0.25, -0.2) is 0 Å². The minimum absolute atomic E-state index is 0.0583. The van der Waals surface area contributed by atoms with Gasteiger partial charge in [-0.2, -0.15) is 0 Å². The molecular formula is C28H24BrNO5. The molecule has 6 nitrogen and oxygen atoms in total. The summed E-state index contributed by atoms with van der Waals surface area (Å²) in [6, 6.07) is 19.3. The fraction of sp³-hybridized carbons (Fsp3) is 0.214. The van der Waals surface area contributed by atoms with Crippen LogP contribution in [0.3, 0.4) is 0 Å². The summed E-state index contributed by atoms with van der Waals surface area (Å²) >= 11 is 3.43. The number of carbonyl (C=O) groups is 1. The third-order valence-corrected chi connectivity index (χ3v) is 6.62. The molecule has 1 amide bonds. The second-order valence-electron chi connectivity index (χ2n) is 8.36. The van der Waals surface area contributed by atoms with Gasteiger partial charge in [-0.1, -0.05) is 41.4 Å². The molecule has 0 spiro atoms. The van der Waals surface area contributed by atoms with Crippen molar-refractivity contribution in [3.63, 3.8) is 0 Å². The quantitative estimate of drug-likeness (QED) is 0.254. The average Bonchev–Trinajstić information content (AvgIpc) is 3.17. The largest absolute Gasteiger partial charge is 0.497 e. The first-order valence-electron chi connectivity index (χ1n) is 11.5. The molecule has 5 rings (SSSR count). The molecule has 1 aliphatic rings. The third-order valence-electron chi connectivity index (χ3n) is 6.12. The molecule has 0 saturated carbocycles. The zero-order valence-corrected chi connectivity index (χ0v) is 21.0. The molecule has 1 atom stereocenters. The normalized spacial score (nSPS) is 14.9. The monoisotopic (exact) mass is 533 g/mol. The lowest BCUT2D eigenvalue weighted by Crippen LogP contribution is -2.29. The maximum absolute atomic E-state index is 13.8. The number of nitrogens with zero attached hydrogens (tertiary/aromatic N) is 1. The minimum Gasteiger partial charge on any atom is -0.497 e. The van der Waals surface area contributed by atoms with Crippen molar-refractivity contribution >= 4 is 38.5 Å².